The summed E-state index contributed by atoms with van der Waals surface area (Å²) in [6.45, 7) is 0. The maximum absolute atomic E-state index is 13.5. The van der Waals surface area contributed by atoms with Gasteiger partial charge in [0, 0.05) is 11.3 Å². The number of nitrogens with two attached hydrogens (primary N) is 1. The Morgan fingerprint density at radius 3 is 2.95 bits per heavy atom. The number of methoxy groups -OCH3 is 1. The number of ether oxygens (including phenoxy) is 1. The first kappa shape index (κ1) is 13.8. The average Bonchev–Trinajstić information content (AvgIpc) is 2.38. The quantitative estimate of drug-likeness (QED) is 0.772. The van der Waals surface area contributed by atoms with Gasteiger partial charge in [0.2, 0.25) is 0 Å². The largest absolute Gasteiger partial charge is 0.453 e. The zero-order chi connectivity index (χ0) is 14.2. The Labute approximate surface area is 117 Å². The molecular formula is C12H12BrFN2O3. The molecule has 19 heavy (non-hydrogen) atoms. The molecule has 0 aromatic heterocycles. The third-order valence-electron chi connectivity index (χ3n) is 3.07. The molecule has 2 rings (SSSR count). The summed E-state index contributed by atoms with van der Waals surface area (Å²) in [6.07, 6.45) is 0.141. The third-order valence-corrected chi connectivity index (χ3v) is 3.93. The number of nitrogen functional groups attached to an aromatic ring is 1. The summed E-state index contributed by atoms with van der Waals surface area (Å²) in [5.41, 5.74) is 6.59. The summed E-state index contributed by atoms with van der Waals surface area (Å²) in [5.74, 6) is -0.826. The van der Waals surface area contributed by atoms with Crippen LogP contribution < -0.4 is 11.1 Å². The molecule has 0 fully saturated rings. The Morgan fingerprint density at radius 1 is 1.63 bits per heavy atom. The van der Waals surface area contributed by atoms with Crippen LogP contribution in [0, 0.1) is 5.82 Å². The van der Waals surface area contributed by atoms with Crippen molar-refractivity contribution in [2.75, 3.05) is 12.8 Å². The molecule has 5 nitrogen and oxygen atoms in total. The summed E-state index contributed by atoms with van der Waals surface area (Å²) in [6, 6.07) is 0.404. The van der Waals surface area contributed by atoms with Crippen LogP contribution >= 0.6 is 15.9 Å². The van der Waals surface area contributed by atoms with Gasteiger partial charge < -0.3 is 15.8 Å². The molecule has 0 heterocycles. The molecule has 1 aliphatic rings. The lowest BCUT2D eigenvalue weighted by molar-refractivity contribution is 0.0916. The van der Waals surface area contributed by atoms with E-state index in [4.69, 9.17) is 5.73 Å². The predicted molar refractivity (Wildman–Crippen MR) is 70.5 cm³/mol. The number of carbonyl (C=O) groups is 2. The van der Waals surface area contributed by atoms with Gasteiger partial charge >= 0.3 is 6.09 Å². The Hall–Kier alpha value is -1.63. The van der Waals surface area contributed by atoms with Crippen LogP contribution in [0.1, 0.15) is 22.3 Å². The minimum Gasteiger partial charge on any atom is -0.453 e. The number of fused-ring (bicyclic) bond motifs is 1. The number of alkyl carbamates (subject to hydrolysis) is 1. The van der Waals surface area contributed by atoms with Crippen LogP contribution in [0.25, 0.3) is 0 Å². The van der Waals surface area contributed by atoms with Crippen LogP contribution in [-0.2, 0) is 11.2 Å². The predicted octanol–water partition coefficient (Wildman–Crippen LogP) is 2.02. The number of carbonyl (C=O) groups excluding carboxylic acids is 2. The maximum Gasteiger partial charge on any atom is 0.407 e. The van der Waals surface area contributed by atoms with Crippen molar-refractivity contribution >= 4 is 33.5 Å². The number of rotatable bonds is 1. The number of hydrogen-bond donors (Lipinski definition) is 2. The lowest BCUT2D eigenvalue weighted by Gasteiger charge is -2.25. The Bertz CT molecular complexity index is 562. The lowest BCUT2D eigenvalue weighted by Crippen LogP contribution is -2.43. The molecule has 1 atom stereocenters. The van der Waals surface area contributed by atoms with Crippen molar-refractivity contribution in [3.05, 3.63) is 27.5 Å². The van der Waals surface area contributed by atoms with Crippen molar-refractivity contribution in [3.8, 4) is 0 Å². The Balaban J connectivity index is 2.39. The van der Waals surface area contributed by atoms with Crippen LogP contribution in [0.5, 0.6) is 0 Å². The maximum atomic E-state index is 13.5. The van der Waals surface area contributed by atoms with E-state index >= 15 is 0 Å². The SMILES string of the molecule is COC(=O)NC1CCc2c(Br)c(F)cc(N)c2C1=O. The molecule has 1 unspecified atom stereocenters. The van der Waals surface area contributed by atoms with E-state index in [0.717, 1.165) is 6.07 Å². The van der Waals surface area contributed by atoms with Crippen molar-refractivity contribution in [2.45, 2.75) is 18.9 Å². The fraction of sp³-hybridized carbons (Fsp3) is 0.333. The minimum absolute atomic E-state index is 0.0806. The number of ketones is 1. The number of anilines is 1. The van der Waals surface area contributed by atoms with E-state index in [1.54, 1.807) is 0 Å². The van der Waals surface area contributed by atoms with Gasteiger partial charge in [0.25, 0.3) is 0 Å². The summed E-state index contributed by atoms with van der Waals surface area (Å²) < 4.78 is 18.2. The summed E-state index contributed by atoms with van der Waals surface area (Å²) >= 11 is 3.12. The van der Waals surface area contributed by atoms with Crippen LogP contribution in [0.3, 0.4) is 0 Å². The van der Waals surface area contributed by atoms with E-state index in [1.807, 2.05) is 0 Å². The fourth-order valence-electron chi connectivity index (χ4n) is 2.16. The normalized spacial score (nSPS) is 17.8. The average molecular weight is 331 g/mol. The number of nitrogens with one attached hydrogen (secondary N) is 1. The zero-order valence-electron chi connectivity index (χ0n) is 10.1. The van der Waals surface area contributed by atoms with Gasteiger partial charge in [0.1, 0.15) is 5.82 Å². The Morgan fingerprint density at radius 2 is 2.32 bits per heavy atom. The second-order valence-electron chi connectivity index (χ2n) is 4.21. The van der Waals surface area contributed by atoms with Gasteiger partial charge in [-0.3, -0.25) is 4.79 Å². The van der Waals surface area contributed by atoms with Gasteiger partial charge in [0.15, 0.2) is 5.78 Å². The van der Waals surface area contributed by atoms with Gasteiger partial charge in [0.05, 0.1) is 17.6 Å². The number of halogens is 2. The number of benzene rings is 1. The van der Waals surface area contributed by atoms with Crippen LogP contribution in [0.2, 0.25) is 0 Å². The van der Waals surface area contributed by atoms with Crippen molar-refractivity contribution in [3.63, 3.8) is 0 Å². The van der Waals surface area contributed by atoms with Crippen LogP contribution in [0.4, 0.5) is 14.9 Å². The Kier molecular flexibility index (Phi) is 3.75. The number of Topliss-reactive ketones (excluding diaryl/α,β-unsaturated/α-hetero) is 1. The molecule has 0 aliphatic heterocycles. The van der Waals surface area contributed by atoms with Gasteiger partial charge in [-0.05, 0) is 40.4 Å². The molecular weight excluding hydrogens is 319 g/mol. The van der Waals surface area contributed by atoms with E-state index in [1.165, 1.54) is 7.11 Å². The fourth-order valence-corrected chi connectivity index (χ4v) is 2.67. The van der Waals surface area contributed by atoms with E-state index < -0.39 is 18.0 Å². The van der Waals surface area contributed by atoms with E-state index in [2.05, 4.69) is 26.0 Å². The molecule has 1 aliphatic carbocycles. The van der Waals surface area contributed by atoms with Gasteiger partial charge in [-0.1, -0.05) is 0 Å². The molecule has 1 aromatic rings. The molecule has 0 saturated carbocycles. The number of amides is 1. The first-order chi connectivity index (χ1) is 8.95. The lowest BCUT2D eigenvalue weighted by atomic mass is 9.86. The molecule has 0 radical (unpaired) electrons. The second kappa shape index (κ2) is 5.16. The van der Waals surface area contributed by atoms with Crippen molar-refractivity contribution in [2.24, 2.45) is 0 Å². The standard InChI is InChI=1S/C12H12BrFN2O3/c1-19-12(18)16-8-3-2-5-9(11(8)17)7(15)4-6(14)10(5)13/h4,8H,2-3,15H2,1H3,(H,16,18). The molecule has 0 saturated heterocycles. The van der Waals surface area contributed by atoms with Gasteiger partial charge in [-0.15, -0.1) is 0 Å². The summed E-state index contributed by atoms with van der Waals surface area (Å²) in [5, 5.41) is 2.45. The molecule has 0 spiro atoms. The topological polar surface area (TPSA) is 81.4 Å². The highest BCUT2D eigenvalue weighted by Crippen LogP contribution is 2.34. The van der Waals surface area contributed by atoms with Crippen molar-refractivity contribution in [1.82, 2.24) is 5.32 Å². The van der Waals surface area contributed by atoms with Crippen molar-refractivity contribution in [1.29, 1.82) is 0 Å². The third kappa shape index (κ3) is 2.42. The van der Waals surface area contributed by atoms with Crippen LogP contribution in [-0.4, -0.2) is 25.0 Å². The smallest absolute Gasteiger partial charge is 0.407 e. The highest BCUT2D eigenvalue weighted by atomic mass is 79.9. The molecule has 7 heteroatoms. The molecule has 102 valence electrons. The highest BCUT2D eigenvalue weighted by Gasteiger charge is 2.32. The van der Waals surface area contributed by atoms with E-state index in [0.29, 0.717) is 18.4 Å². The molecule has 1 amide bonds. The highest BCUT2D eigenvalue weighted by molar-refractivity contribution is 9.10. The van der Waals surface area contributed by atoms with Gasteiger partial charge in [-0.25, -0.2) is 9.18 Å². The summed E-state index contributed by atoms with van der Waals surface area (Å²) in [4.78, 5) is 23.4. The van der Waals surface area contributed by atoms with Gasteiger partial charge in [-0.2, -0.15) is 0 Å². The molecule has 1 aromatic carbocycles. The zero-order valence-corrected chi connectivity index (χ0v) is 11.7. The second-order valence-corrected chi connectivity index (χ2v) is 5.00. The summed E-state index contributed by atoms with van der Waals surface area (Å²) in [7, 11) is 1.22. The molecule has 0 bridgehead atoms. The first-order valence-electron chi connectivity index (χ1n) is 5.60. The van der Waals surface area contributed by atoms with E-state index in [9.17, 15) is 14.0 Å². The van der Waals surface area contributed by atoms with E-state index in [-0.39, 0.29) is 21.5 Å². The van der Waals surface area contributed by atoms with Crippen LogP contribution in [0.15, 0.2) is 10.5 Å². The monoisotopic (exact) mass is 330 g/mol. The minimum atomic E-state index is -0.695. The van der Waals surface area contributed by atoms with Crippen molar-refractivity contribution < 1.29 is 18.7 Å². The first-order valence-corrected chi connectivity index (χ1v) is 6.40. The number of hydrogen-bond acceptors (Lipinski definition) is 4. The molecule has 3 N–H and O–H groups in total.